The van der Waals surface area contributed by atoms with Crippen molar-refractivity contribution in [3.05, 3.63) is 0 Å². The Morgan fingerprint density at radius 2 is 1.57 bits per heavy atom. The molecular formula is C14H19F3O5S. The van der Waals surface area contributed by atoms with E-state index >= 15 is 0 Å². The highest BCUT2D eigenvalue weighted by Gasteiger charge is 2.56. The van der Waals surface area contributed by atoms with Crippen LogP contribution in [-0.2, 0) is 19.6 Å². The summed E-state index contributed by atoms with van der Waals surface area (Å²) in [5, 5.41) is -3.09. The van der Waals surface area contributed by atoms with Gasteiger partial charge in [0.1, 0.15) is 6.61 Å². The summed E-state index contributed by atoms with van der Waals surface area (Å²) in [5.74, 6) is 0.492. The first kappa shape index (κ1) is 17.0. The standard InChI is InChI=1S/C14H19F3O5S/c15-14(16,17)11(23(19,20)21)7-22-12(18)13-4-8-1-9(5-13)3-10(2-8)6-13/h8-11H,1-7H2,(H,19,20,21). The van der Waals surface area contributed by atoms with Crippen LogP contribution in [0.5, 0.6) is 0 Å². The molecule has 1 unspecified atom stereocenters. The summed E-state index contributed by atoms with van der Waals surface area (Å²) < 4.78 is 73.3. The van der Waals surface area contributed by atoms with Crippen molar-refractivity contribution in [2.45, 2.75) is 50.0 Å². The topological polar surface area (TPSA) is 80.7 Å². The first-order chi connectivity index (χ1) is 10.5. The third-order valence-corrected chi connectivity index (χ3v) is 6.68. The lowest BCUT2D eigenvalue weighted by atomic mass is 9.49. The van der Waals surface area contributed by atoms with Gasteiger partial charge in [0.2, 0.25) is 5.25 Å². The number of hydrogen-bond donors (Lipinski definition) is 1. The van der Waals surface area contributed by atoms with E-state index in [9.17, 15) is 26.4 Å². The highest BCUT2D eigenvalue weighted by atomic mass is 32.2. The smallest absolute Gasteiger partial charge is 0.411 e. The first-order valence-electron chi connectivity index (χ1n) is 7.70. The second-order valence-corrected chi connectivity index (χ2v) is 8.94. The van der Waals surface area contributed by atoms with E-state index in [2.05, 4.69) is 0 Å². The van der Waals surface area contributed by atoms with Crippen molar-refractivity contribution in [1.82, 2.24) is 0 Å². The zero-order chi connectivity index (χ0) is 17.0. The highest BCUT2D eigenvalue weighted by Crippen LogP contribution is 2.60. The molecule has 4 rings (SSSR count). The van der Waals surface area contributed by atoms with Crippen LogP contribution in [0.25, 0.3) is 0 Å². The summed E-state index contributed by atoms with van der Waals surface area (Å²) in [6.07, 6.45) is -0.176. The zero-order valence-electron chi connectivity index (χ0n) is 12.4. The molecule has 4 saturated carbocycles. The summed E-state index contributed by atoms with van der Waals surface area (Å²) in [4.78, 5) is 12.4. The van der Waals surface area contributed by atoms with E-state index in [0.717, 1.165) is 19.3 Å². The molecule has 23 heavy (non-hydrogen) atoms. The molecule has 0 spiro atoms. The lowest BCUT2D eigenvalue weighted by Gasteiger charge is -2.55. The SMILES string of the molecule is O=C(OCC(C(F)(F)F)S(=O)(=O)O)C12CC3CC(CC(C3)C1)C2. The molecule has 4 aliphatic rings. The third kappa shape index (κ3) is 3.22. The van der Waals surface area contributed by atoms with Crippen LogP contribution < -0.4 is 0 Å². The summed E-state index contributed by atoms with van der Waals surface area (Å²) in [6, 6.07) is 0. The second-order valence-electron chi connectivity index (χ2n) is 7.34. The molecule has 1 atom stereocenters. The fourth-order valence-electron chi connectivity index (χ4n) is 5.01. The van der Waals surface area contributed by atoms with Crippen LogP contribution >= 0.6 is 0 Å². The van der Waals surface area contributed by atoms with E-state index in [1.165, 1.54) is 0 Å². The highest BCUT2D eigenvalue weighted by molar-refractivity contribution is 7.86. The Bertz CT molecular complexity index is 563. The molecule has 0 saturated heterocycles. The van der Waals surface area contributed by atoms with E-state index in [0.29, 0.717) is 37.0 Å². The average molecular weight is 356 g/mol. The molecule has 5 nitrogen and oxygen atoms in total. The number of carbonyl (C=O) groups excluding carboxylic acids is 1. The molecule has 0 radical (unpaired) electrons. The second kappa shape index (κ2) is 5.34. The van der Waals surface area contributed by atoms with Gasteiger partial charge < -0.3 is 4.74 Å². The van der Waals surface area contributed by atoms with Gasteiger partial charge in [-0.2, -0.15) is 21.6 Å². The third-order valence-electron chi connectivity index (χ3n) is 5.56. The predicted molar refractivity (Wildman–Crippen MR) is 73.0 cm³/mol. The van der Waals surface area contributed by atoms with Crippen molar-refractivity contribution in [1.29, 1.82) is 0 Å². The Kier molecular flexibility index (Phi) is 3.95. The number of alkyl halides is 3. The lowest BCUT2D eigenvalue weighted by Crippen LogP contribution is -2.51. The predicted octanol–water partition coefficient (Wildman–Crippen LogP) is 2.56. The molecule has 0 heterocycles. The van der Waals surface area contributed by atoms with Gasteiger partial charge in [-0.15, -0.1) is 0 Å². The molecule has 4 bridgehead atoms. The van der Waals surface area contributed by atoms with Crippen LogP contribution in [0.4, 0.5) is 13.2 Å². The van der Waals surface area contributed by atoms with Gasteiger partial charge >= 0.3 is 12.1 Å². The van der Waals surface area contributed by atoms with Gasteiger partial charge in [0.25, 0.3) is 10.1 Å². The fourth-order valence-corrected chi connectivity index (χ4v) is 5.59. The van der Waals surface area contributed by atoms with Crippen molar-refractivity contribution >= 4 is 16.1 Å². The van der Waals surface area contributed by atoms with Crippen LogP contribution in [0, 0.1) is 23.2 Å². The van der Waals surface area contributed by atoms with Crippen molar-refractivity contribution < 1.29 is 35.7 Å². The van der Waals surface area contributed by atoms with Gasteiger partial charge in [-0.25, -0.2) is 0 Å². The van der Waals surface area contributed by atoms with Crippen molar-refractivity contribution in [3.63, 3.8) is 0 Å². The minimum atomic E-state index is -5.38. The molecule has 1 N–H and O–H groups in total. The molecule has 9 heteroatoms. The summed E-state index contributed by atoms with van der Waals surface area (Å²) in [5.41, 5.74) is -0.760. The number of halogens is 3. The molecule has 0 amide bonds. The van der Waals surface area contributed by atoms with Crippen LogP contribution in [-0.4, -0.2) is 37.0 Å². The molecule has 132 valence electrons. The number of ether oxygens (including phenoxy) is 1. The monoisotopic (exact) mass is 356 g/mol. The maximum atomic E-state index is 12.7. The van der Waals surface area contributed by atoms with E-state index < -0.39 is 39.5 Å². The number of hydrogen-bond acceptors (Lipinski definition) is 4. The Morgan fingerprint density at radius 3 is 1.91 bits per heavy atom. The number of rotatable bonds is 4. The Balaban J connectivity index is 1.70. The van der Waals surface area contributed by atoms with Gasteiger partial charge in [-0.3, -0.25) is 9.35 Å². The maximum absolute atomic E-state index is 12.7. The van der Waals surface area contributed by atoms with Crippen molar-refractivity contribution in [3.8, 4) is 0 Å². The number of carbonyl (C=O) groups is 1. The minimum absolute atomic E-state index is 0.411. The summed E-state index contributed by atoms with van der Waals surface area (Å²) in [7, 11) is -5.38. The molecule has 0 aromatic carbocycles. The zero-order valence-corrected chi connectivity index (χ0v) is 13.2. The van der Waals surface area contributed by atoms with Crippen LogP contribution in [0.15, 0.2) is 0 Å². The Morgan fingerprint density at radius 1 is 1.13 bits per heavy atom. The molecule has 4 aliphatic carbocycles. The fraction of sp³-hybridized carbons (Fsp3) is 0.929. The van der Waals surface area contributed by atoms with Crippen LogP contribution in [0.1, 0.15) is 38.5 Å². The normalized spacial score (nSPS) is 37.7. The lowest BCUT2D eigenvalue weighted by molar-refractivity contribution is -0.178. The van der Waals surface area contributed by atoms with E-state index in [1.807, 2.05) is 0 Å². The van der Waals surface area contributed by atoms with Crippen molar-refractivity contribution in [2.75, 3.05) is 6.61 Å². The van der Waals surface area contributed by atoms with E-state index in [4.69, 9.17) is 9.29 Å². The molecule has 4 fully saturated rings. The van der Waals surface area contributed by atoms with E-state index in [1.54, 1.807) is 0 Å². The summed E-state index contributed by atoms with van der Waals surface area (Å²) in [6.45, 7) is -1.39. The average Bonchev–Trinajstić information content (AvgIpc) is 2.33. The van der Waals surface area contributed by atoms with Crippen molar-refractivity contribution in [2.24, 2.45) is 23.2 Å². The Labute approximate surface area is 132 Å². The molecule has 0 aliphatic heterocycles. The summed E-state index contributed by atoms with van der Waals surface area (Å²) >= 11 is 0. The van der Waals surface area contributed by atoms with Gasteiger partial charge in [-0.1, -0.05) is 0 Å². The number of esters is 1. The quantitative estimate of drug-likeness (QED) is 0.618. The van der Waals surface area contributed by atoms with E-state index in [-0.39, 0.29) is 0 Å². The van der Waals surface area contributed by atoms with Gasteiger partial charge in [0.05, 0.1) is 5.41 Å². The van der Waals surface area contributed by atoms with Gasteiger partial charge in [0, 0.05) is 0 Å². The Hall–Kier alpha value is -0.830. The molecular weight excluding hydrogens is 337 g/mol. The molecule has 0 aromatic heterocycles. The first-order valence-corrected chi connectivity index (χ1v) is 9.20. The van der Waals surface area contributed by atoms with Gasteiger partial charge in [-0.05, 0) is 56.3 Å². The minimum Gasteiger partial charge on any atom is -0.463 e. The van der Waals surface area contributed by atoms with Crippen LogP contribution in [0.2, 0.25) is 0 Å². The molecule has 0 aromatic rings. The largest absolute Gasteiger partial charge is 0.463 e. The maximum Gasteiger partial charge on any atom is 0.411 e. The van der Waals surface area contributed by atoms with Gasteiger partial charge in [0.15, 0.2) is 0 Å². The van der Waals surface area contributed by atoms with Crippen LogP contribution in [0.3, 0.4) is 0 Å².